The summed E-state index contributed by atoms with van der Waals surface area (Å²) in [5.74, 6) is 0.927. The second-order valence-electron chi connectivity index (χ2n) is 4.38. The molecule has 4 heteroatoms. The molecule has 2 heterocycles. The topological polar surface area (TPSA) is 54.3 Å². The number of benzene rings is 1. The molecule has 1 aliphatic heterocycles. The van der Waals surface area contributed by atoms with Crippen LogP contribution in [0.2, 0.25) is 0 Å². The third-order valence-corrected chi connectivity index (χ3v) is 3.20. The summed E-state index contributed by atoms with van der Waals surface area (Å²) in [7, 11) is 1.89. The van der Waals surface area contributed by atoms with Crippen molar-refractivity contribution < 1.29 is 9.21 Å². The van der Waals surface area contributed by atoms with Crippen molar-refractivity contribution in [3.05, 3.63) is 53.5 Å². The SMILES string of the molecule is CNC(c1ccc2c(c1)CC(=O)N2)c1ccco1. The number of furan rings is 1. The molecule has 1 unspecified atom stereocenters. The Morgan fingerprint density at radius 3 is 3.00 bits per heavy atom. The Bertz CT molecular complexity index is 575. The van der Waals surface area contributed by atoms with Crippen LogP contribution in [0.3, 0.4) is 0 Å². The van der Waals surface area contributed by atoms with Crippen LogP contribution in [0.25, 0.3) is 0 Å². The highest BCUT2D eigenvalue weighted by Crippen LogP contribution is 2.29. The predicted molar refractivity (Wildman–Crippen MR) is 68.4 cm³/mol. The predicted octanol–water partition coefficient (Wildman–Crippen LogP) is 2.08. The van der Waals surface area contributed by atoms with Crippen LogP contribution in [0, 0.1) is 0 Å². The van der Waals surface area contributed by atoms with Crippen molar-refractivity contribution in [2.75, 3.05) is 12.4 Å². The lowest BCUT2D eigenvalue weighted by Crippen LogP contribution is -2.17. The first-order chi connectivity index (χ1) is 8.78. The van der Waals surface area contributed by atoms with Gasteiger partial charge in [-0.15, -0.1) is 0 Å². The van der Waals surface area contributed by atoms with Crippen molar-refractivity contribution in [1.29, 1.82) is 0 Å². The summed E-state index contributed by atoms with van der Waals surface area (Å²) in [6.07, 6.45) is 2.12. The van der Waals surface area contributed by atoms with E-state index >= 15 is 0 Å². The lowest BCUT2D eigenvalue weighted by atomic mass is 10.0. The number of hydrogen-bond donors (Lipinski definition) is 2. The first kappa shape index (κ1) is 11.0. The van der Waals surface area contributed by atoms with Gasteiger partial charge in [0.15, 0.2) is 0 Å². The molecule has 3 rings (SSSR count). The van der Waals surface area contributed by atoms with Gasteiger partial charge in [0.25, 0.3) is 0 Å². The zero-order valence-corrected chi connectivity index (χ0v) is 10.1. The Balaban J connectivity index is 1.97. The zero-order chi connectivity index (χ0) is 12.5. The molecular formula is C14H14N2O2. The van der Waals surface area contributed by atoms with Gasteiger partial charge in [-0.25, -0.2) is 0 Å². The number of rotatable bonds is 3. The lowest BCUT2D eigenvalue weighted by molar-refractivity contribution is -0.115. The van der Waals surface area contributed by atoms with Crippen LogP contribution in [0.1, 0.15) is 22.9 Å². The number of anilines is 1. The van der Waals surface area contributed by atoms with Crippen LogP contribution in [-0.2, 0) is 11.2 Å². The normalized spacial score (nSPS) is 15.3. The van der Waals surface area contributed by atoms with Crippen LogP contribution in [0.15, 0.2) is 41.0 Å². The molecule has 2 aromatic rings. The molecule has 0 saturated heterocycles. The third-order valence-electron chi connectivity index (χ3n) is 3.20. The van der Waals surface area contributed by atoms with Crippen LogP contribution >= 0.6 is 0 Å². The van der Waals surface area contributed by atoms with Gasteiger partial charge in [0.1, 0.15) is 5.76 Å². The van der Waals surface area contributed by atoms with Gasteiger partial charge in [-0.3, -0.25) is 4.79 Å². The van der Waals surface area contributed by atoms with Crippen molar-refractivity contribution in [1.82, 2.24) is 5.32 Å². The summed E-state index contributed by atoms with van der Waals surface area (Å²) >= 11 is 0. The highest BCUT2D eigenvalue weighted by Gasteiger charge is 2.21. The fraction of sp³-hybridized carbons (Fsp3) is 0.214. The van der Waals surface area contributed by atoms with E-state index in [1.807, 2.05) is 31.3 Å². The number of hydrogen-bond acceptors (Lipinski definition) is 3. The molecule has 0 bridgehead atoms. The van der Waals surface area contributed by atoms with Gasteiger partial charge in [-0.1, -0.05) is 12.1 Å². The van der Waals surface area contributed by atoms with E-state index in [1.165, 1.54) is 0 Å². The molecule has 1 amide bonds. The number of carbonyl (C=O) groups is 1. The van der Waals surface area contributed by atoms with E-state index in [4.69, 9.17) is 4.42 Å². The average molecular weight is 242 g/mol. The Labute approximate surface area is 105 Å². The smallest absolute Gasteiger partial charge is 0.228 e. The van der Waals surface area contributed by atoms with E-state index in [0.717, 1.165) is 22.6 Å². The fourth-order valence-electron chi connectivity index (χ4n) is 2.36. The first-order valence-electron chi connectivity index (χ1n) is 5.91. The fourth-order valence-corrected chi connectivity index (χ4v) is 2.36. The van der Waals surface area contributed by atoms with Crippen molar-refractivity contribution in [3.8, 4) is 0 Å². The van der Waals surface area contributed by atoms with Gasteiger partial charge >= 0.3 is 0 Å². The number of carbonyl (C=O) groups excluding carboxylic acids is 1. The largest absolute Gasteiger partial charge is 0.467 e. The summed E-state index contributed by atoms with van der Waals surface area (Å²) in [6, 6.07) is 9.84. The molecule has 1 aliphatic rings. The summed E-state index contributed by atoms with van der Waals surface area (Å²) < 4.78 is 5.44. The van der Waals surface area contributed by atoms with Gasteiger partial charge in [-0.05, 0) is 36.4 Å². The highest BCUT2D eigenvalue weighted by atomic mass is 16.3. The van der Waals surface area contributed by atoms with E-state index in [1.54, 1.807) is 6.26 Å². The Kier molecular flexibility index (Phi) is 2.64. The summed E-state index contributed by atoms with van der Waals surface area (Å²) in [5, 5.41) is 6.06. The van der Waals surface area contributed by atoms with Gasteiger partial charge in [0.05, 0.1) is 18.7 Å². The van der Waals surface area contributed by atoms with Crippen LogP contribution in [0.5, 0.6) is 0 Å². The maximum absolute atomic E-state index is 11.3. The number of amides is 1. The molecule has 4 nitrogen and oxygen atoms in total. The molecule has 1 aromatic heterocycles. The number of nitrogens with one attached hydrogen (secondary N) is 2. The van der Waals surface area contributed by atoms with Gasteiger partial charge in [0, 0.05) is 5.69 Å². The third kappa shape index (κ3) is 1.80. The van der Waals surface area contributed by atoms with Crippen molar-refractivity contribution in [3.63, 3.8) is 0 Å². The minimum Gasteiger partial charge on any atom is -0.467 e. The summed E-state index contributed by atoms with van der Waals surface area (Å²) in [6.45, 7) is 0. The van der Waals surface area contributed by atoms with E-state index in [-0.39, 0.29) is 11.9 Å². The second kappa shape index (κ2) is 4.31. The van der Waals surface area contributed by atoms with Gasteiger partial charge < -0.3 is 15.1 Å². The summed E-state index contributed by atoms with van der Waals surface area (Å²) in [5.41, 5.74) is 3.06. The molecule has 0 radical (unpaired) electrons. The molecule has 0 aliphatic carbocycles. The average Bonchev–Trinajstić information content (AvgIpc) is 2.97. The number of fused-ring (bicyclic) bond motifs is 1. The lowest BCUT2D eigenvalue weighted by Gasteiger charge is -2.15. The van der Waals surface area contributed by atoms with Crippen LogP contribution < -0.4 is 10.6 Å². The highest BCUT2D eigenvalue weighted by molar-refractivity contribution is 5.99. The standard InChI is InChI=1S/C14H14N2O2/c1-15-14(12-3-2-6-18-12)9-4-5-11-10(7-9)8-13(17)16-11/h2-7,14-15H,8H2,1H3,(H,16,17). The Hall–Kier alpha value is -2.07. The minimum absolute atomic E-state index is 0.0148. The quantitative estimate of drug-likeness (QED) is 0.866. The molecule has 1 aromatic carbocycles. The molecule has 92 valence electrons. The van der Waals surface area contributed by atoms with Crippen LogP contribution in [0.4, 0.5) is 5.69 Å². The minimum atomic E-state index is 0.0148. The molecule has 1 atom stereocenters. The zero-order valence-electron chi connectivity index (χ0n) is 10.1. The molecule has 0 spiro atoms. The molecule has 18 heavy (non-hydrogen) atoms. The maximum Gasteiger partial charge on any atom is 0.228 e. The van der Waals surface area contributed by atoms with Crippen molar-refractivity contribution in [2.45, 2.75) is 12.5 Å². The van der Waals surface area contributed by atoms with Crippen molar-refractivity contribution in [2.24, 2.45) is 0 Å². The van der Waals surface area contributed by atoms with Gasteiger partial charge in [-0.2, -0.15) is 0 Å². The van der Waals surface area contributed by atoms with E-state index in [2.05, 4.69) is 16.7 Å². The molecule has 2 N–H and O–H groups in total. The summed E-state index contributed by atoms with van der Waals surface area (Å²) in [4.78, 5) is 11.3. The second-order valence-corrected chi connectivity index (χ2v) is 4.38. The first-order valence-corrected chi connectivity index (χ1v) is 5.91. The Morgan fingerprint density at radius 2 is 2.28 bits per heavy atom. The van der Waals surface area contributed by atoms with Crippen LogP contribution in [-0.4, -0.2) is 13.0 Å². The molecule has 0 fully saturated rings. The van der Waals surface area contributed by atoms with E-state index < -0.39 is 0 Å². The van der Waals surface area contributed by atoms with E-state index in [0.29, 0.717) is 6.42 Å². The molecular weight excluding hydrogens is 228 g/mol. The van der Waals surface area contributed by atoms with E-state index in [9.17, 15) is 4.79 Å². The Morgan fingerprint density at radius 1 is 1.39 bits per heavy atom. The molecule has 0 saturated carbocycles. The monoisotopic (exact) mass is 242 g/mol. The maximum atomic E-state index is 11.3. The van der Waals surface area contributed by atoms with Crippen molar-refractivity contribution >= 4 is 11.6 Å². The van der Waals surface area contributed by atoms with Gasteiger partial charge in [0.2, 0.25) is 5.91 Å².